The van der Waals surface area contributed by atoms with Crippen molar-refractivity contribution in [1.29, 1.82) is 0 Å². The van der Waals surface area contributed by atoms with Gasteiger partial charge in [-0.3, -0.25) is 0 Å². The van der Waals surface area contributed by atoms with E-state index in [9.17, 15) is 0 Å². The summed E-state index contributed by atoms with van der Waals surface area (Å²) in [5.74, 6) is 0. The minimum Gasteiger partial charge on any atom is -0.305 e. The van der Waals surface area contributed by atoms with Crippen LogP contribution in [0.3, 0.4) is 0 Å². The Morgan fingerprint density at radius 1 is 1.28 bits per heavy atom. The van der Waals surface area contributed by atoms with E-state index >= 15 is 0 Å². The summed E-state index contributed by atoms with van der Waals surface area (Å²) >= 11 is 7.61. The molecule has 1 aromatic carbocycles. The minimum atomic E-state index is 0.358. The molecule has 3 heteroatoms. The van der Waals surface area contributed by atoms with Gasteiger partial charge in [-0.25, -0.2) is 0 Å². The Hall–Kier alpha value is -0.830. The Kier molecular flexibility index (Phi) is 4.81. The van der Waals surface area contributed by atoms with Crippen molar-refractivity contribution in [3.8, 4) is 0 Å². The number of aryl methyl sites for hydroxylation is 1. The van der Waals surface area contributed by atoms with E-state index in [1.165, 1.54) is 16.0 Å². The Morgan fingerprint density at radius 3 is 2.56 bits per heavy atom. The SMILES string of the molecule is CCc1ccc(C(C)NCc2cc(Cl)cs2)cc1. The number of benzene rings is 1. The van der Waals surface area contributed by atoms with Crippen molar-refractivity contribution in [2.45, 2.75) is 32.9 Å². The molecule has 0 saturated carbocycles. The van der Waals surface area contributed by atoms with E-state index in [0.717, 1.165) is 18.0 Å². The average Bonchev–Trinajstić information content (AvgIpc) is 2.82. The van der Waals surface area contributed by atoms with Crippen LogP contribution >= 0.6 is 22.9 Å². The maximum atomic E-state index is 5.91. The van der Waals surface area contributed by atoms with E-state index in [4.69, 9.17) is 11.6 Å². The van der Waals surface area contributed by atoms with E-state index < -0.39 is 0 Å². The van der Waals surface area contributed by atoms with E-state index in [1.807, 2.05) is 11.4 Å². The summed E-state index contributed by atoms with van der Waals surface area (Å²) in [7, 11) is 0. The zero-order valence-corrected chi connectivity index (χ0v) is 12.3. The van der Waals surface area contributed by atoms with Crippen LogP contribution in [0.5, 0.6) is 0 Å². The first kappa shape index (κ1) is 13.6. The average molecular weight is 280 g/mol. The van der Waals surface area contributed by atoms with Crippen LogP contribution in [0.1, 0.15) is 35.9 Å². The molecule has 1 nitrogen and oxygen atoms in total. The third-order valence-corrected chi connectivity index (χ3v) is 4.38. The third-order valence-electron chi connectivity index (χ3n) is 3.09. The van der Waals surface area contributed by atoms with Gasteiger partial charge < -0.3 is 5.32 Å². The lowest BCUT2D eigenvalue weighted by molar-refractivity contribution is 0.579. The zero-order valence-electron chi connectivity index (χ0n) is 10.7. The van der Waals surface area contributed by atoms with Gasteiger partial charge in [-0.05, 0) is 30.5 Å². The Morgan fingerprint density at radius 2 is 2.00 bits per heavy atom. The maximum absolute atomic E-state index is 5.91. The highest BCUT2D eigenvalue weighted by Gasteiger charge is 2.05. The summed E-state index contributed by atoms with van der Waals surface area (Å²) in [4.78, 5) is 1.28. The fourth-order valence-electron chi connectivity index (χ4n) is 1.86. The van der Waals surface area contributed by atoms with E-state index in [0.29, 0.717) is 6.04 Å². The first-order valence-corrected chi connectivity index (χ1v) is 7.50. The molecule has 1 N–H and O–H groups in total. The molecule has 2 aromatic rings. The number of nitrogens with one attached hydrogen (secondary N) is 1. The van der Waals surface area contributed by atoms with Gasteiger partial charge in [-0.15, -0.1) is 11.3 Å². The number of rotatable bonds is 5. The van der Waals surface area contributed by atoms with Crippen LogP contribution < -0.4 is 5.32 Å². The van der Waals surface area contributed by atoms with Crippen LogP contribution in [0.15, 0.2) is 35.7 Å². The van der Waals surface area contributed by atoms with Crippen molar-refractivity contribution in [2.75, 3.05) is 0 Å². The van der Waals surface area contributed by atoms with Gasteiger partial charge in [0.25, 0.3) is 0 Å². The fourth-order valence-corrected chi connectivity index (χ4v) is 2.88. The second-order valence-electron chi connectivity index (χ2n) is 4.43. The second-order valence-corrected chi connectivity index (χ2v) is 5.86. The predicted molar refractivity (Wildman–Crippen MR) is 80.4 cm³/mol. The summed E-state index contributed by atoms with van der Waals surface area (Å²) in [6, 6.07) is 11.2. The largest absolute Gasteiger partial charge is 0.305 e. The molecular weight excluding hydrogens is 262 g/mol. The lowest BCUT2D eigenvalue weighted by Crippen LogP contribution is -2.17. The molecule has 18 heavy (non-hydrogen) atoms. The second kappa shape index (κ2) is 6.37. The van der Waals surface area contributed by atoms with Crippen molar-refractivity contribution >= 4 is 22.9 Å². The van der Waals surface area contributed by atoms with Crippen LogP contribution in [-0.4, -0.2) is 0 Å². The minimum absolute atomic E-state index is 0.358. The topological polar surface area (TPSA) is 12.0 Å². The fraction of sp³-hybridized carbons (Fsp3) is 0.333. The molecule has 0 amide bonds. The van der Waals surface area contributed by atoms with Crippen LogP contribution in [0, 0.1) is 0 Å². The van der Waals surface area contributed by atoms with Crippen molar-refractivity contribution in [1.82, 2.24) is 5.32 Å². The first-order chi connectivity index (χ1) is 8.69. The van der Waals surface area contributed by atoms with Gasteiger partial charge >= 0.3 is 0 Å². The molecule has 0 aliphatic heterocycles. The number of halogens is 1. The molecule has 0 fully saturated rings. The molecule has 0 bridgehead atoms. The van der Waals surface area contributed by atoms with Crippen molar-refractivity contribution in [3.05, 3.63) is 56.7 Å². The van der Waals surface area contributed by atoms with Gasteiger partial charge in [0.05, 0.1) is 5.02 Å². The van der Waals surface area contributed by atoms with Crippen LogP contribution in [0.4, 0.5) is 0 Å². The summed E-state index contributed by atoms with van der Waals surface area (Å²) in [5.41, 5.74) is 2.71. The normalized spacial score (nSPS) is 12.6. The third kappa shape index (κ3) is 3.58. The van der Waals surface area contributed by atoms with Crippen LogP contribution in [0.25, 0.3) is 0 Å². The smallest absolute Gasteiger partial charge is 0.0516 e. The summed E-state index contributed by atoms with van der Waals surface area (Å²) in [6.45, 7) is 5.24. The van der Waals surface area contributed by atoms with Gasteiger partial charge in [0.15, 0.2) is 0 Å². The predicted octanol–water partition coefficient (Wildman–Crippen LogP) is 4.81. The van der Waals surface area contributed by atoms with E-state index in [-0.39, 0.29) is 0 Å². The van der Waals surface area contributed by atoms with Gasteiger partial charge in [0, 0.05) is 22.8 Å². The molecule has 1 aromatic heterocycles. The standard InChI is InChI=1S/C15H18ClNS/c1-3-12-4-6-13(7-5-12)11(2)17-9-15-8-14(16)10-18-15/h4-8,10-11,17H,3,9H2,1-2H3. The van der Waals surface area contributed by atoms with Crippen molar-refractivity contribution < 1.29 is 0 Å². The molecule has 0 saturated heterocycles. The van der Waals surface area contributed by atoms with Crippen molar-refractivity contribution in [2.24, 2.45) is 0 Å². The van der Waals surface area contributed by atoms with Gasteiger partial charge in [-0.1, -0.05) is 42.8 Å². The molecule has 1 unspecified atom stereocenters. The summed E-state index contributed by atoms with van der Waals surface area (Å²) < 4.78 is 0. The molecule has 1 atom stereocenters. The van der Waals surface area contributed by atoms with Crippen LogP contribution in [-0.2, 0) is 13.0 Å². The Labute approximate surface area is 118 Å². The lowest BCUT2D eigenvalue weighted by atomic mass is 10.1. The molecule has 0 spiro atoms. The Bertz CT molecular complexity index is 489. The summed E-state index contributed by atoms with van der Waals surface area (Å²) in [6.07, 6.45) is 1.09. The lowest BCUT2D eigenvalue weighted by Gasteiger charge is -2.14. The maximum Gasteiger partial charge on any atom is 0.0516 e. The monoisotopic (exact) mass is 279 g/mol. The van der Waals surface area contributed by atoms with Crippen molar-refractivity contribution in [3.63, 3.8) is 0 Å². The highest BCUT2D eigenvalue weighted by molar-refractivity contribution is 7.10. The molecule has 1 heterocycles. The highest BCUT2D eigenvalue weighted by Crippen LogP contribution is 2.20. The molecular formula is C15H18ClNS. The van der Waals surface area contributed by atoms with Crippen LogP contribution in [0.2, 0.25) is 5.02 Å². The summed E-state index contributed by atoms with van der Waals surface area (Å²) in [5, 5.41) is 6.32. The molecule has 0 aliphatic carbocycles. The molecule has 2 rings (SSSR count). The number of hydrogen-bond donors (Lipinski definition) is 1. The van der Waals surface area contributed by atoms with Gasteiger partial charge in [0.1, 0.15) is 0 Å². The number of hydrogen-bond acceptors (Lipinski definition) is 2. The first-order valence-electron chi connectivity index (χ1n) is 6.24. The highest BCUT2D eigenvalue weighted by atomic mass is 35.5. The van der Waals surface area contributed by atoms with E-state index in [2.05, 4.69) is 43.4 Å². The zero-order chi connectivity index (χ0) is 13.0. The molecule has 96 valence electrons. The van der Waals surface area contributed by atoms with Gasteiger partial charge in [0.2, 0.25) is 0 Å². The molecule has 0 radical (unpaired) electrons. The Balaban J connectivity index is 1.92. The number of thiophene rings is 1. The van der Waals surface area contributed by atoms with E-state index in [1.54, 1.807) is 11.3 Å². The van der Waals surface area contributed by atoms with Gasteiger partial charge in [-0.2, -0.15) is 0 Å². The quantitative estimate of drug-likeness (QED) is 0.828. The molecule has 0 aliphatic rings.